The van der Waals surface area contributed by atoms with Gasteiger partial charge in [-0.1, -0.05) is 30.3 Å². The Kier molecular flexibility index (Phi) is 6.77. The molecule has 1 aromatic carbocycles. The summed E-state index contributed by atoms with van der Waals surface area (Å²) in [6, 6.07) is 12.5. The van der Waals surface area contributed by atoms with Crippen LogP contribution in [0.5, 0.6) is 0 Å². The second-order valence-corrected chi connectivity index (χ2v) is 6.46. The second kappa shape index (κ2) is 8.81. The topological polar surface area (TPSA) is 56.6 Å². The van der Waals surface area contributed by atoms with Crippen molar-refractivity contribution in [2.24, 2.45) is 5.92 Å². The van der Waals surface area contributed by atoms with Gasteiger partial charge in [0.05, 0.1) is 37.3 Å². The van der Waals surface area contributed by atoms with Gasteiger partial charge in [0.15, 0.2) is 0 Å². The number of morpholine rings is 1. The third-order valence-corrected chi connectivity index (χ3v) is 4.44. The Labute approximate surface area is 144 Å². The molecule has 1 amide bonds. The Morgan fingerprint density at radius 3 is 2.79 bits per heavy atom. The summed E-state index contributed by atoms with van der Waals surface area (Å²) >= 11 is 0. The van der Waals surface area contributed by atoms with Crippen molar-refractivity contribution in [1.82, 2.24) is 9.80 Å². The first-order chi connectivity index (χ1) is 11.5. The van der Waals surface area contributed by atoms with Gasteiger partial charge in [0.1, 0.15) is 0 Å². The van der Waals surface area contributed by atoms with E-state index >= 15 is 0 Å². The molecule has 0 N–H and O–H groups in total. The van der Waals surface area contributed by atoms with Gasteiger partial charge in [-0.3, -0.25) is 9.69 Å². The van der Waals surface area contributed by atoms with E-state index in [0.29, 0.717) is 26.2 Å². The van der Waals surface area contributed by atoms with Crippen LogP contribution in [-0.2, 0) is 9.53 Å². The first-order valence-electron chi connectivity index (χ1n) is 8.63. The Hall–Kier alpha value is -1.90. The Balaban J connectivity index is 2.08. The number of hydrogen-bond acceptors (Lipinski definition) is 4. The summed E-state index contributed by atoms with van der Waals surface area (Å²) in [5.74, 6) is -0.0722. The van der Waals surface area contributed by atoms with E-state index in [1.165, 1.54) is 5.56 Å². The van der Waals surface area contributed by atoms with E-state index in [-0.39, 0.29) is 24.0 Å². The second-order valence-electron chi connectivity index (χ2n) is 6.46. The number of likely N-dealkylation sites (N-methyl/N-ethyl adjacent to an activating group) is 1. The molecule has 0 radical (unpaired) electrons. The number of carbonyl (C=O) groups excluding carboxylic acids is 1. The van der Waals surface area contributed by atoms with Crippen molar-refractivity contribution in [3.63, 3.8) is 0 Å². The van der Waals surface area contributed by atoms with Crippen LogP contribution >= 0.6 is 0 Å². The molecule has 0 aromatic heterocycles. The molecule has 1 fully saturated rings. The van der Waals surface area contributed by atoms with Crippen molar-refractivity contribution in [3.8, 4) is 6.07 Å². The van der Waals surface area contributed by atoms with E-state index < -0.39 is 0 Å². The summed E-state index contributed by atoms with van der Waals surface area (Å²) in [4.78, 5) is 16.7. The fraction of sp³-hybridized carbons (Fsp3) is 0.579. The fourth-order valence-corrected chi connectivity index (χ4v) is 3.08. The quantitative estimate of drug-likeness (QED) is 0.804. The molecule has 1 aromatic rings. The normalized spacial score (nSPS) is 22.6. The third kappa shape index (κ3) is 4.80. The van der Waals surface area contributed by atoms with Crippen LogP contribution in [0.1, 0.15) is 32.4 Å². The highest BCUT2D eigenvalue weighted by Gasteiger charge is 2.30. The molecule has 5 nitrogen and oxygen atoms in total. The highest BCUT2D eigenvalue weighted by molar-refractivity contribution is 5.78. The molecule has 5 heteroatoms. The maximum Gasteiger partial charge on any atom is 0.236 e. The lowest BCUT2D eigenvalue weighted by Crippen LogP contribution is -2.49. The molecule has 3 unspecified atom stereocenters. The minimum Gasteiger partial charge on any atom is -0.375 e. The molecule has 130 valence electrons. The standard InChI is InChI=1S/C19H27N3O2/c1-4-21(11-15(2)10-20)19(23)13-22-12-16(3)24-14-18(22)17-8-6-5-7-9-17/h5-9,15-16,18H,4,11-14H2,1-3H3. The predicted octanol–water partition coefficient (Wildman–Crippen LogP) is 2.46. The largest absolute Gasteiger partial charge is 0.375 e. The number of benzene rings is 1. The van der Waals surface area contributed by atoms with Gasteiger partial charge in [0, 0.05) is 19.6 Å². The molecule has 3 atom stereocenters. The van der Waals surface area contributed by atoms with Gasteiger partial charge in [-0.05, 0) is 26.3 Å². The summed E-state index contributed by atoms with van der Waals surface area (Å²) in [6.45, 7) is 8.64. The molecule has 1 saturated heterocycles. The monoisotopic (exact) mass is 329 g/mol. The van der Waals surface area contributed by atoms with Crippen molar-refractivity contribution in [1.29, 1.82) is 5.26 Å². The van der Waals surface area contributed by atoms with Gasteiger partial charge >= 0.3 is 0 Å². The first kappa shape index (κ1) is 18.4. The maximum absolute atomic E-state index is 12.7. The van der Waals surface area contributed by atoms with Crippen LogP contribution in [0.15, 0.2) is 30.3 Å². The van der Waals surface area contributed by atoms with E-state index in [1.54, 1.807) is 4.90 Å². The zero-order chi connectivity index (χ0) is 17.5. The Bertz CT molecular complexity index is 570. The van der Waals surface area contributed by atoms with Crippen LogP contribution in [0.25, 0.3) is 0 Å². The summed E-state index contributed by atoms with van der Waals surface area (Å²) in [7, 11) is 0. The van der Waals surface area contributed by atoms with Gasteiger partial charge in [0.25, 0.3) is 0 Å². The number of nitriles is 1. The highest BCUT2D eigenvalue weighted by atomic mass is 16.5. The van der Waals surface area contributed by atoms with E-state index in [4.69, 9.17) is 10.00 Å². The number of rotatable bonds is 6. The average Bonchev–Trinajstić information content (AvgIpc) is 2.60. The number of amides is 1. The van der Waals surface area contributed by atoms with Crippen molar-refractivity contribution in [2.75, 3.05) is 32.8 Å². The van der Waals surface area contributed by atoms with Gasteiger partial charge < -0.3 is 9.64 Å². The van der Waals surface area contributed by atoms with Crippen LogP contribution in [-0.4, -0.2) is 54.6 Å². The molecule has 2 rings (SSSR count). The van der Waals surface area contributed by atoms with Crippen molar-refractivity contribution >= 4 is 5.91 Å². The van der Waals surface area contributed by atoms with Crippen LogP contribution < -0.4 is 0 Å². The third-order valence-electron chi connectivity index (χ3n) is 4.44. The fourth-order valence-electron chi connectivity index (χ4n) is 3.08. The van der Waals surface area contributed by atoms with Crippen molar-refractivity contribution in [2.45, 2.75) is 32.9 Å². The van der Waals surface area contributed by atoms with Gasteiger partial charge in [-0.15, -0.1) is 0 Å². The van der Waals surface area contributed by atoms with E-state index in [2.05, 4.69) is 23.1 Å². The van der Waals surface area contributed by atoms with Crippen LogP contribution in [0.2, 0.25) is 0 Å². The summed E-state index contributed by atoms with van der Waals surface area (Å²) in [5, 5.41) is 8.99. The molecule has 0 spiro atoms. The molecule has 0 aliphatic carbocycles. The average molecular weight is 329 g/mol. The Morgan fingerprint density at radius 2 is 2.17 bits per heavy atom. The molecule has 0 saturated carbocycles. The summed E-state index contributed by atoms with van der Waals surface area (Å²) in [6.07, 6.45) is 0.117. The van der Waals surface area contributed by atoms with Gasteiger partial charge in [0.2, 0.25) is 5.91 Å². The lowest BCUT2D eigenvalue weighted by molar-refractivity contribution is -0.136. The predicted molar refractivity (Wildman–Crippen MR) is 93.2 cm³/mol. The molecule has 0 bridgehead atoms. The smallest absolute Gasteiger partial charge is 0.236 e. The summed E-state index contributed by atoms with van der Waals surface area (Å²) < 4.78 is 5.82. The van der Waals surface area contributed by atoms with Crippen LogP contribution in [0.4, 0.5) is 0 Å². The number of hydrogen-bond donors (Lipinski definition) is 0. The molecule has 24 heavy (non-hydrogen) atoms. The molecular weight excluding hydrogens is 302 g/mol. The van der Waals surface area contributed by atoms with E-state index in [0.717, 1.165) is 6.54 Å². The SMILES string of the molecule is CCN(CC(C)C#N)C(=O)CN1CC(C)OCC1c1ccccc1. The summed E-state index contributed by atoms with van der Waals surface area (Å²) in [5.41, 5.74) is 1.17. The van der Waals surface area contributed by atoms with Crippen molar-refractivity contribution in [3.05, 3.63) is 35.9 Å². The number of carbonyl (C=O) groups is 1. The molecule has 1 aliphatic rings. The highest BCUT2D eigenvalue weighted by Crippen LogP contribution is 2.26. The van der Waals surface area contributed by atoms with Crippen LogP contribution in [0, 0.1) is 17.2 Å². The molecule has 1 aliphatic heterocycles. The minimum atomic E-state index is -0.151. The van der Waals surface area contributed by atoms with E-state index in [9.17, 15) is 4.79 Å². The maximum atomic E-state index is 12.7. The van der Waals surface area contributed by atoms with Crippen LogP contribution in [0.3, 0.4) is 0 Å². The Morgan fingerprint density at radius 1 is 1.46 bits per heavy atom. The zero-order valence-corrected chi connectivity index (χ0v) is 14.8. The minimum absolute atomic E-state index is 0.0784. The van der Waals surface area contributed by atoms with Gasteiger partial charge in [-0.2, -0.15) is 5.26 Å². The first-order valence-corrected chi connectivity index (χ1v) is 8.63. The molecule has 1 heterocycles. The van der Waals surface area contributed by atoms with Crippen molar-refractivity contribution < 1.29 is 9.53 Å². The molecular formula is C19H27N3O2. The lowest BCUT2D eigenvalue weighted by atomic mass is 10.0. The van der Waals surface area contributed by atoms with Gasteiger partial charge in [-0.25, -0.2) is 0 Å². The number of ether oxygens (including phenoxy) is 1. The zero-order valence-electron chi connectivity index (χ0n) is 14.8. The number of nitrogens with zero attached hydrogens (tertiary/aromatic N) is 3. The van der Waals surface area contributed by atoms with E-state index in [1.807, 2.05) is 39.0 Å². The lowest BCUT2D eigenvalue weighted by Gasteiger charge is -2.39.